The molecule has 66 valence electrons. The van der Waals surface area contributed by atoms with Crippen molar-refractivity contribution >= 4 is 10.1 Å². The van der Waals surface area contributed by atoms with Crippen LogP contribution in [0.2, 0.25) is 0 Å². The molecule has 0 unspecified atom stereocenters. The maximum atomic E-state index is 10.5. The highest BCUT2D eigenvalue weighted by Gasteiger charge is 2.11. The molecule has 0 aliphatic rings. The third kappa shape index (κ3) is 1.66. The van der Waals surface area contributed by atoms with Gasteiger partial charge in [-0.15, -0.1) is 0 Å². The van der Waals surface area contributed by atoms with Gasteiger partial charge in [0.15, 0.2) is 11.5 Å². The SMILES string of the molecule is O=S(=O)(O)c1ccc(O)c(O)c1. The molecule has 0 atom stereocenters. The Balaban J connectivity index is 3.33. The van der Waals surface area contributed by atoms with Crippen LogP contribution < -0.4 is 0 Å². The van der Waals surface area contributed by atoms with Crippen molar-refractivity contribution in [3.63, 3.8) is 0 Å². The van der Waals surface area contributed by atoms with E-state index in [9.17, 15) is 8.42 Å². The van der Waals surface area contributed by atoms with Crippen molar-refractivity contribution in [1.82, 2.24) is 0 Å². The van der Waals surface area contributed by atoms with Gasteiger partial charge in [-0.25, -0.2) is 0 Å². The van der Waals surface area contributed by atoms with Crippen molar-refractivity contribution < 1.29 is 23.2 Å². The Morgan fingerprint density at radius 3 is 2.08 bits per heavy atom. The number of phenols is 2. The molecule has 0 amide bonds. The van der Waals surface area contributed by atoms with Crippen LogP contribution in [0.1, 0.15) is 0 Å². The van der Waals surface area contributed by atoms with Gasteiger partial charge >= 0.3 is 0 Å². The largest absolute Gasteiger partial charge is 0.504 e. The summed E-state index contributed by atoms with van der Waals surface area (Å²) in [5.41, 5.74) is 0. The zero-order chi connectivity index (χ0) is 9.35. The number of hydrogen-bond donors (Lipinski definition) is 3. The summed E-state index contributed by atoms with van der Waals surface area (Å²) >= 11 is 0. The molecule has 1 aromatic rings. The molecule has 0 saturated heterocycles. The Morgan fingerprint density at radius 2 is 1.67 bits per heavy atom. The average molecular weight is 190 g/mol. The second kappa shape index (κ2) is 2.65. The van der Waals surface area contributed by atoms with Crippen LogP contribution in [0, 0.1) is 0 Å². The predicted molar refractivity (Wildman–Crippen MR) is 39.6 cm³/mol. The first-order chi connectivity index (χ1) is 5.41. The van der Waals surface area contributed by atoms with E-state index in [1.165, 1.54) is 0 Å². The maximum absolute atomic E-state index is 10.5. The number of phenolic OH excluding ortho intramolecular Hbond substituents is 2. The van der Waals surface area contributed by atoms with Crippen molar-refractivity contribution in [3.8, 4) is 11.5 Å². The van der Waals surface area contributed by atoms with Gasteiger partial charge < -0.3 is 10.2 Å². The fraction of sp³-hybridized carbons (Fsp3) is 0. The number of benzene rings is 1. The minimum absolute atomic E-state index is 0.442. The lowest BCUT2D eigenvalue weighted by molar-refractivity contribution is 0.401. The summed E-state index contributed by atoms with van der Waals surface area (Å²) in [7, 11) is -4.31. The summed E-state index contributed by atoms with van der Waals surface area (Å²) in [5.74, 6) is -1.03. The molecular formula is C6H6O5S. The second-order valence-corrected chi connectivity index (χ2v) is 3.55. The van der Waals surface area contributed by atoms with Crippen molar-refractivity contribution in [2.75, 3.05) is 0 Å². The second-order valence-electron chi connectivity index (χ2n) is 2.13. The molecule has 0 radical (unpaired) electrons. The van der Waals surface area contributed by atoms with Crippen LogP contribution in [0.3, 0.4) is 0 Å². The summed E-state index contributed by atoms with van der Waals surface area (Å²) in [4.78, 5) is -0.460. The summed E-state index contributed by atoms with van der Waals surface area (Å²) in [6.45, 7) is 0. The molecule has 0 fully saturated rings. The van der Waals surface area contributed by atoms with Crippen LogP contribution in [0.15, 0.2) is 23.1 Å². The molecule has 1 aromatic carbocycles. The highest BCUT2D eigenvalue weighted by Crippen LogP contribution is 2.26. The molecule has 0 aliphatic heterocycles. The summed E-state index contributed by atoms with van der Waals surface area (Å²) in [6, 6.07) is 2.70. The number of hydrogen-bond acceptors (Lipinski definition) is 4. The van der Waals surface area contributed by atoms with E-state index in [1.54, 1.807) is 0 Å². The molecule has 0 heterocycles. The van der Waals surface area contributed by atoms with Gasteiger partial charge in [0, 0.05) is 6.07 Å². The fourth-order valence-electron chi connectivity index (χ4n) is 0.664. The quantitative estimate of drug-likeness (QED) is 0.438. The monoisotopic (exact) mass is 190 g/mol. The number of rotatable bonds is 1. The predicted octanol–water partition coefficient (Wildman–Crippen LogP) is 0.345. The smallest absolute Gasteiger partial charge is 0.294 e. The molecule has 6 heteroatoms. The van der Waals surface area contributed by atoms with Crippen LogP contribution >= 0.6 is 0 Å². The van der Waals surface area contributed by atoms with Crippen molar-refractivity contribution in [1.29, 1.82) is 0 Å². The van der Waals surface area contributed by atoms with Gasteiger partial charge in [0.2, 0.25) is 0 Å². The van der Waals surface area contributed by atoms with Gasteiger partial charge in [-0.2, -0.15) is 8.42 Å². The lowest BCUT2D eigenvalue weighted by Gasteiger charge is -1.99. The number of aromatic hydroxyl groups is 2. The Bertz CT molecular complexity index is 394. The highest BCUT2D eigenvalue weighted by molar-refractivity contribution is 7.85. The van der Waals surface area contributed by atoms with Crippen LogP contribution in [0.5, 0.6) is 11.5 Å². The standard InChI is InChI=1S/C6H6O5S/c7-5-2-1-4(3-6(5)8)12(9,10)11/h1-3,7-8H,(H,9,10,11). The van der Waals surface area contributed by atoms with Crippen molar-refractivity contribution in [2.24, 2.45) is 0 Å². The molecule has 0 aliphatic carbocycles. The van der Waals surface area contributed by atoms with Gasteiger partial charge in [-0.05, 0) is 12.1 Å². The summed E-state index contributed by atoms with van der Waals surface area (Å²) in [6.07, 6.45) is 0. The van der Waals surface area contributed by atoms with Gasteiger partial charge in [-0.3, -0.25) is 4.55 Å². The van der Waals surface area contributed by atoms with Gasteiger partial charge in [0.1, 0.15) is 0 Å². The molecule has 3 N–H and O–H groups in total. The molecule has 0 aromatic heterocycles. The van der Waals surface area contributed by atoms with E-state index in [2.05, 4.69) is 0 Å². The van der Waals surface area contributed by atoms with E-state index in [1.807, 2.05) is 0 Å². The van der Waals surface area contributed by atoms with Crippen molar-refractivity contribution in [3.05, 3.63) is 18.2 Å². The Labute approximate surface area is 68.6 Å². The van der Waals surface area contributed by atoms with Crippen molar-refractivity contribution in [2.45, 2.75) is 4.90 Å². The molecule has 0 bridgehead atoms. The van der Waals surface area contributed by atoms with Gasteiger partial charge in [-0.1, -0.05) is 0 Å². The maximum Gasteiger partial charge on any atom is 0.294 e. The molecule has 1 rings (SSSR count). The first-order valence-corrected chi connectivity index (χ1v) is 4.35. The normalized spacial score (nSPS) is 11.4. The minimum atomic E-state index is -4.31. The molecular weight excluding hydrogens is 184 g/mol. The summed E-state index contributed by atoms with van der Waals surface area (Å²) in [5, 5.41) is 17.6. The van der Waals surface area contributed by atoms with E-state index < -0.39 is 26.5 Å². The minimum Gasteiger partial charge on any atom is -0.504 e. The lowest BCUT2D eigenvalue weighted by Crippen LogP contribution is -1.96. The molecule has 5 nitrogen and oxygen atoms in total. The Kier molecular flexibility index (Phi) is 1.95. The Morgan fingerprint density at radius 1 is 1.08 bits per heavy atom. The van der Waals surface area contributed by atoms with Crippen LogP contribution in [0.25, 0.3) is 0 Å². The fourth-order valence-corrected chi connectivity index (χ4v) is 1.16. The van der Waals surface area contributed by atoms with E-state index in [0.717, 1.165) is 18.2 Å². The zero-order valence-corrected chi connectivity index (χ0v) is 6.61. The Hall–Kier alpha value is -1.27. The molecule has 0 spiro atoms. The molecule has 0 saturated carbocycles. The van der Waals surface area contributed by atoms with E-state index in [4.69, 9.17) is 14.8 Å². The van der Waals surface area contributed by atoms with Gasteiger partial charge in [0.05, 0.1) is 4.90 Å². The van der Waals surface area contributed by atoms with Crippen LogP contribution in [0.4, 0.5) is 0 Å². The lowest BCUT2D eigenvalue weighted by atomic mass is 10.3. The van der Waals surface area contributed by atoms with E-state index in [0.29, 0.717) is 0 Å². The summed E-state index contributed by atoms with van der Waals surface area (Å²) < 4.78 is 29.4. The zero-order valence-electron chi connectivity index (χ0n) is 5.80. The highest BCUT2D eigenvalue weighted by atomic mass is 32.2. The topological polar surface area (TPSA) is 94.8 Å². The van der Waals surface area contributed by atoms with Gasteiger partial charge in [0.25, 0.3) is 10.1 Å². The van der Waals surface area contributed by atoms with E-state index in [-0.39, 0.29) is 0 Å². The molecule has 12 heavy (non-hydrogen) atoms. The average Bonchev–Trinajstić information content (AvgIpc) is 1.92. The van der Waals surface area contributed by atoms with E-state index >= 15 is 0 Å². The van der Waals surface area contributed by atoms with Crippen LogP contribution in [-0.2, 0) is 10.1 Å². The first-order valence-electron chi connectivity index (χ1n) is 2.91. The third-order valence-corrected chi connectivity index (χ3v) is 2.09. The van der Waals surface area contributed by atoms with Crippen LogP contribution in [-0.4, -0.2) is 23.2 Å². The third-order valence-electron chi connectivity index (χ3n) is 1.24. The first kappa shape index (κ1) is 8.82.